The van der Waals surface area contributed by atoms with Crippen LogP contribution >= 0.6 is 16.4 Å². The van der Waals surface area contributed by atoms with Crippen LogP contribution in [0, 0.1) is 17.5 Å². The number of nitrogens with one attached hydrogen (secondary N) is 2. The highest BCUT2D eigenvalue weighted by molar-refractivity contribution is 7.62. The molecule has 29 heteroatoms. The Labute approximate surface area is 441 Å². The number of benzene rings is 2. The average molecular weight is 1120 g/mol. The minimum absolute atomic E-state index is 0.0543. The third-order valence-corrected chi connectivity index (χ3v) is 12.6. The van der Waals surface area contributed by atoms with Crippen molar-refractivity contribution in [1.82, 2.24) is 25.8 Å². The van der Waals surface area contributed by atoms with Crippen LogP contribution in [-0.2, 0) is 74.4 Å². The maximum absolute atomic E-state index is 13.6. The number of halogens is 3. The normalized spacial score (nSPS) is 15.9. The molecule has 4 atom stereocenters. The van der Waals surface area contributed by atoms with Crippen LogP contribution in [0.4, 0.5) is 13.2 Å². The number of hydrogen-bond acceptors (Lipinski definition) is 20. The Kier molecular flexibility index (Phi) is 33.0. The molecule has 2 heterocycles. The number of aliphatic imine (C=N–C) groups is 2. The first-order chi connectivity index (χ1) is 36.9. The third-order valence-electron chi connectivity index (χ3n) is 10.1. The van der Waals surface area contributed by atoms with Crippen molar-refractivity contribution in [3.05, 3.63) is 89.1 Å². The lowest BCUT2D eigenvalue weighted by atomic mass is 10.1. The first-order valence-corrected chi connectivity index (χ1v) is 27.3. The molecule has 1 aromatic heterocycles. The van der Waals surface area contributed by atoms with E-state index in [-0.39, 0.29) is 78.9 Å². The fourth-order valence-electron chi connectivity index (χ4n) is 6.40. The van der Waals surface area contributed by atoms with Gasteiger partial charge in [-0.2, -0.15) is 0 Å². The Morgan fingerprint density at radius 3 is 2.04 bits per heavy atom. The lowest BCUT2D eigenvalue weighted by Crippen LogP contribution is -2.38. The Morgan fingerprint density at radius 1 is 0.855 bits per heavy atom. The van der Waals surface area contributed by atoms with Crippen molar-refractivity contribution in [3.8, 4) is 5.75 Å². The van der Waals surface area contributed by atoms with E-state index in [2.05, 4.69) is 30.9 Å². The maximum Gasteiger partial charge on any atom is 0.331 e. The number of nitrogens with zero attached hydrogens (tertiary/aromatic N) is 5. The SMILES string of the molecule is CN=CC(=CNNC1CCC(COPCP(=O)(O)O)O1)C(N)=NC(COCCOCCOCCOCCOCc1cn(CCOCCOCCOCCOCCC(=O)Oc2c(F)cc(F)cc2F)nn1)c1ccccc1. The highest BCUT2D eigenvalue weighted by Gasteiger charge is 2.25. The molecule has 1 aliphatic heterocycles. The largest absolute Gasteiger partial charge is 0.420 e. The zero-order valence-corrected chi connectivity index (χ0v) is 44.4. The third kappa shape index (κ3) is 29.4. The number of esters is 1. The predicted octanol–water partition coefficient (Wildman–Crippen LogP) is 3.37. The van der Waals surface area contributed by atoms with Crippen LogP contribution in [0.5, 0.6) is 5.75 Å². The lowest BCUT2D eigenvalue weighted by Gasteiger charge is -2.17. The number of hydrazine groups is 1. The Bertz CT molecular complexity index is 2180. The highest BCUT2D eigenvalue weighted by atomic mass is 31.2. The minimum atomic E-state index is -4.09. The summed E-state index contributed by atoms with van der Waals surface area (Å²) in [5, 5.41) is 8.19. The summed E-state index contributed by atoms with van der Waals surface area (Å²) in [7, 11) is -2.76. The van der Waals surface area contributed by atoms with Gasteiger partial charge in [0.2, 0.25) is 5.75 Å². The molecule has 76 heavy (non-hydrogen) atoms. The second-order valence-corrected chi connectivity index (χ2v) is 19.3. The summed E-state index contributed by atoms with van der Waals surface area (Å²) >= 11 is 0. The quantitative estimate of drug-likeness (QED) is 0.0103. The van der Waals surface area contributed by atoms with Gasteiger partial charge >= 0.3 is 13.6 Å². The summed E-state index contributed by atoms with van der Waals surface area (Å²) in [6.45, 7) is 6.50. The molecule has 426 valence electrons. The molecule has 0 aliphatic carbocycles. The molecule has 1 aliphatic rings. The van der Waals surface area contributed by atoms with Crippen molar-refractivity contribution in [1.29, 1.82) is 0 Å². The van der Waals surface area contributed by atoms with E-state index in [1.807, 2.05) is 30.3 Å². The summed E-state index contributed by atoms with van der Waals surface area (Å²) < 4.78 is 119. The first-order valence-electron chi connectivity index (χ1n) is 24.4. The molecule has 4 unspecified atom stereocenters. The van der Waals surface area contributed by atoms with Crippen LogP contribution in [0.1, 0.15) is 36.6 Å². The minimum Gasteiger partial charge on any atom is -0.420 e. The monoisotopic (exact) mass is 1120 g/mol. The zero-order chi connectivity index (χ0) is 54.5. The van der Waals surface area contributed by atoms with Crippen molar-refractivity contribution >= 4 is 34.4 Å². The summed E-state index contributed by atoms with van der Waals surface area (Å²) in [6.07, 6.45) is 5.67. The van der Waals surface area contributed by atoms with Crippen LogP contribution < -0.4 is 21.3 Å². The summed E-state index contributed by atoms with van der Waals surface area (Å²) in [5.74, 6) is -5.68. The molecular weight excluding hydrogens is 1050 g/mol. The van der Waals surface area contributed by atoms with Gasteiger partial charge in [-0.15, -0.1) is 5.10 Å². The zero-order valence-electron chi connectivity index (χ0n) is 42.5. The average Bonchev–Trinajstić information content (AvgIpc) is 4.06. The van der Waals surface area contributed by atoms with E-state index in [4.69, 9.17) is 72.4 Å². The molecule has 0 bridgehead atoms. The number of amidine groups is 1. The predicted molar refractivity (Wildman–Crippen MR) is 271 cm³/mol. The molecule has 0 amide bonds. The van der Waals surface area contributed by atoms with Gasteiger partial charge in [0.1, 0.15) is 29.6 Å². The van der Waals surface area contributed by atoms with Crippen LogP contribution in [0.25, 0.3) is 0 Å². The molecule has 1 saturated heterocycles. The Morgan fingerprint density at radius 2 is 1.43 bits per heavy atom. The smallest absolute Gasteiger partial charge is 0.331 e. The van der Waals surface area contributed by atoms with Gasteiger partial charge < -0.3 is 77.6 Å². The van der Waals surface area contributed by atoms with E-state index in [1.165, 1.54) is 0 Å². The van der Waals surface area contributed by atoms with Crippen LogP contribution in [-0.4, -0.2) is 187 Å². The van der Waals surface area contributed by atoms with Crippen molar-refractivity contribution in [3.63, 3.8) is 0 Å². The van der Waals surface area contributed by atoms with Gasteiger partial charge in [0.15, 0.2) is 11.6 Å². The van der Waals surface area contributed by atoms with E-state index < -0.39 is 42.8 Å². The topological polar surface area (TPSA) is 291 Å². The van der Waals surface area contributed by atoms with Crippen molar-refractivity contribution in [2.24, 2.45) is 15.7 Å². The number of rotatable bonds is 44. The van der Waals surface area contributed by atoms with E-state index >= 15 is 0 Å². The fraction of sp³-hybridized carbons (Fsp3) is 0.596. The summed E-state index contributed by atoms with van der Waals surface area (Å²) in [4.78, 5) is 38.6. The lowest BCUT2D eigenvalue weighted by molar-refractivity contribution is -0.136. The second-order valence-electron chi connectivity index (χ2n) is 16.1. The number of nitrogens with two attached hydrogens (primary N) is 1. The molecule has 4 rings (SSSR count). The number of aromatic nitrogens is 3. The molecule has 3 aromatic rings. The molecule has 24 nitrogen and oxygen atoms in total. The first kappa shape index (κ1) is 64.1. The van der Waals surface area contributed by atoms with E-state index in [0.29, 0.717) is 122 Å². The molecule has 0 radical (unpaired) electrons. The van der Waals surface area contributed by atoms with Crippen molar-refractivity contribution in [2.45, 2.75) is 50.8 Å². The van der Waals surface area contributed by atoms with E-state index in [0.717, 1.165) is 12.0 Å². The van der Waals surface area contributed by atoms with Crippen LogP contribution in [0.2, 0.25) is 0 Å². The van der Waals surface area contributed by atoms with Gasteiger partial charge in [0.25, 0.3) is 0 Å². The van der Waals surface area contributed by atoms with E-state index in [1.54, 1.807) is 30.3 Å². The van der Waals surface area contributed by atoms with Gasteiger partial charge in [-0.05, 0) is 18.4 Å². The van der Waals surface area contributed by atoms with Crippen molar-refractivity contribution in [2.75, 3.05) is 132 Å². The van der Waals surface area contributed by atoms with Gasteiger partial charge in [0, 0.05) is 40.4 Å². The number of hydrogen-bond donors (Lipinski definition) is 5. The van der Waals surface area contributed by atoms with Crippen molar-refractivity contribution < 1.29 is 88.9 Å². The Balaban J connectivity index is 0.923. The highest BCUT2D eigenvalue weighted by Crippen LogP contribution is 2.42. The molecule has 0 saturated carbocycles. The second kappa shape index (κ2) is 39.1. The van der Waals surface area contributed by atoms with E-state index in [9.17, 15) is 22.5 Å². The fourth-order valence-corrected chi connectivity index (χ4v) is 7.74. The molecule has 6 N–H and O–H groups in total. The maximum atomic E-state index is 13.6. The van der Waals surface area contributed by atoms with Gasteiger partial charge in [-0.3, -0.25) is 19.3 Å². The van der Waals surface area contributed by atoms with Gasteiger partial charge in [0.05, 0.1) is 162 Å². The van der Waals surface area contributed by atoms with Gasteiger partial charge in [-0.1, -0.05) is 35.5 Å². The summed E-state index contributed by atoms with van der Waals surface area (Å²) in [6, 6.07) is 10.1. The standard InChI is InChI=1S/C47H71F3N8O16P2/c1-52-29-37(30-53-56-44-8-7-40(73-44)33-72-75-35-76(60,61)62)47(51)54-43(36-5-3-2-4-6-36)34-71-26-24-69-22-20-67-19-21-68-23-25-70-32-39-31-58(57-55-39)10-12-64-14-16-66-18-17-65-15-13-63-11-9-45(59)74-46-41(49)27-38(48)28-42(46)50/h2-6,27-31,40,43-44,53,56,75H,7-26,32-35H2,1H3,(H2,51,54)(H2,60,61,62). The number of ether oxygens (including phenoxy) is 11. The number of carbonyl (C=O) groups excluding carboxylic acids is 1. The van der Waals surface area contributed by atoms with Gasteiger partial charge in [-0.25, -0.2) is 23.3 Å². The molecular formula is C47H71F3N8O16P2. The molecule has 0 spiro atoms. The number of carbonyl (C=O) groups is 1. The van der Waals surface area contributed by atoms with Crippen LogP contribution in [0.3, 0.4) is 0 Å². The van der Waals surface area contributed by atoms with Crippen LogP contribution in [0.15, 0.2) is 70.4 Å². The Hall–Kier alpha value is -4.38. The molecule has 2 aromatic carbocycles. The molecule has 1 fully saturated rings. The summed E-state index contributed by atoms with van der Waals surface area (Å²) in [5.41, 5.74) is 14.7.